The van der Waals surface area contributed by atoms with E-state index in [1.54, 1.807) is 0 Å². The first-order chi connectivity index (χ1) is 5.38. The van der Waals surface area contributed by atoms with Crippen LogP contribution in [0.3, 0.4) is 0 Å². The van der Waals surface area contributed by atoms with Crippen molar-refractivity contribution >= 4 is 7.98 Å². The van der Waals surface area contributed by atoms with Crippen LogP contribution in [0.2, 0.25) is 0 Å². The number of aliphatic hydroxyl groups is 1. The minimum Gasteiger partial charge on any atom is -0.394 e. The summed E-state index contributed by atoms with van der Waals surface area (Å²) in [7, 11) is 1.84. The van der Waals surface area contributed by atoms with Crippen LogP contribution in [0.25, 0.3) is 0 Å². The van der Waals surface area contributed by atoms with Gasteiger partial charge in [-0.05, 0) is 5.56 Å². The minimum atomic E-state index is 0.0659. The Morgan fingerprint density at radius 1 is 1.36 bits per heavy atom. The van der Waals surface area contributed by atoms with Crippen LogP contribution < -0.4 is 5.23 Å². The summed E-state index contributed by atoms with van der Waals surface area (Å²) >= 11 is 0. The Balaban J connectivity index is 2.74. The molecule has 0 aliphatic rings. The van der Waals surface area contributed by atoms with Gasteiger partial charge in [-0.3, -0.25) is 0 Å². The predicted octanol–water partition coefficient (Wildman–Crippen LogP) is -0.142. The van der Waals surface area contributed by atoms with E-state index < -0.39 is 0 Å². The molecule has 0 fully saturated rings. The Bertz CT molecular complexity index is 199. The van der Waals surface area contributed by atoms with Gasteiger partial charge in [0, 0.05) is 6.04 Å². The molecule has 2 N–H and O–H groups in total. The lowest BCUT2D eigenvalue weighted by Crippen LogP contribution is -2.21. The molecular formula is C8H12BNO. The highest BCUT2D eigenvalue weighted by Crippen LogP contribution is 2.09. The van der Waals surface area contributed by atoms with E-state index in [9.17, 15) is 0 Å². The molecular weight excluding hydrogens is 137 g/mol. The van der Waals surface area contributed by atoms with Crippen molar-refractivity contribution in [2.45, 2.75) is 6.04 Å². The van der Waals surface area contributed by atoms with Gasteiger partial charge in [-0.15, -0.1) is 0 Å². The highest BCUT2D eigenvalue weighted by atomic mass is 16.3. The van der Waals surface area contributed by atoms with Crippen molar-refractivity contribution in [2.24, 2.45) is 0 Å². The van der Waals surface area contributed by atoms with Gasteiger partial charge < -0.3 is 10.3 Å². The second-order valence-corrected chi connectivity index (χ2v) is 2.43. The molecule has 0 heterocycles. The van der Waals surface area contributed by atoms with Gasteiger partial charge in [0.2, 0.25) is 0 Å². The highest BCUT2D eigenvalue weighted by Gasteiger charge is 2.04. The molecule has 0 bridgehead atoms. The van der Waals surface area contributed by atoms with Gasteiger partial charge >= 0.3 is 0 Å². The Labute approximate surface area is 67.7 Å². The molecule has 0 aliphatic carbocycles. The van der Waals surface area contributed by atoms with Crippen LogP contribution >= 0.6 is 0 Å². The van der Waals surface area contributed by atoms with E-state index in [1.165, 1.54) is 0 Å². The molecule has 1 atom stereocenters. The molecule has 1 aromatic carbocycles. The van der Waals surface area contributed by atoms with Gasteiger partial charge in [0.15, 0.2) is 7.98 Å². The van der Waals surface area contributed by atoms with Crippen LogP contribution in [0.5, 0.6) is 0 Å². The van der Waals surface area contributed by atoms with Crippen molar-refractivity contribution in [3.8, 4) is 0 Å². The zero-order valence-electron chi connectivity index (χ0n) is 6.62. The fourth-order valence-electron chi connectivity index (χ4n) is 1.05. The molecule has 2 nitrogen and oxygen atoms in total. The first kappa shape index (κ1) is 8.30. The number of nitrogens with one attached hydrogen (secondary N) is 1. The van der Waals surface area contributed by atoms with Crippen molar-refractivity contribution < 1.29 is 5.11 Å². The van der Waals surface area contributed by atoms with E-state index in [0.717, 1.165) is 5.56 Å². The average molecular weight is 149 g/mol. The van der Waals surface area contributed by atoms with Crippen molar-refractivity contribution in [2.75, 3.05) is 6.61 Å². The number of hydrogen-bond acceptors (Lipinski definition) is 2. The van der Waals surface area contributed by atoms with Crippen LogP contribution in [0.4, 0.5) is 0 Å². The molecule has 0 spiro atoms. The normalized spacial score (nSPS) is 12.8. The second-order valence-electron chi connectivity index (χ2n) is 2.43. The van der Waals surface area contributed by atoms with Gasteiger partial charge in [-0.1, -0.05) is 30.3 Å². The fraction of sp³-hybridized carbons (Fsp3) is 0.250. The molecule has 0 radical (unpaired) electrons. The molecule has 3 heteroatoms. The first-order valence-corrected chi connectivity index (χ1v) is 3.71. The Morgan fingerprint density at radius 3 is 2.45 bits per heavy atom. The second kappa shape index (κ2) is 4.16. The summed E-state index contributed by atoms with van der Waals surface area (Å²) in [4.78, 5) is 0. The SMILES string of the molecule is BN[C@@H](CO)c1ccccc1. The molecule has 0 unspecified atom stereocenters. The highest BCUT2D eigenvalue weighted by molar-refractivity contribution is 6.04. The third-order valence-electron chi connectivity index (χ3n) is 1.73. The number of hydrogen-bond donors (Lipinski definition) is 2. The maximum Gasteiger partial charge on any atom is 0.182 e. The lowest BCUT2D eigenvalue weighted by molar-refractivity contribution is 0.260. The monoisotopic (exact) mass is 149 g/mol. The molecule has 1 aromatic rings. The van der Waals surface area contributed by atoms with Crippen LogP contribution in [0, 0.1) is 0 Å². The molecule has 1 rings (SSSR count). The van der Waals surface area contributed by atoms with Crippen LogP contribution in [-0.2, 0) is 0 Å². The van der Waals surface area contributed by atoms with Crippen molar-refractivity contribution in [1.29, 1.82) is 0 Å². The molecule has 11 heavy (non-hydrogen) atoms. The molecule has 0 saturated heterocycles. The summed E-state index contributed by atoms with van der Waals surface area (Å²) in [6.07, 6.45) is 0. The van der Waals surface area contributed by atoms with Gasteiger partial charge in [0.25, 0.3) is 0 Å². The Hall–Kier alpha value is -0.795. The molecule has 58 valence electrons. The zero-order valence-corrected chi connectivity index (χ0v) is 6.62. The van der Waals surface area contributed by atoms with E-state index in [1.807, 2.05) is 38.3 Å². The fourth-order valence-corrected chi connectivity index (χ4v) is 1.05. The summed E-state index contributed by atoms with van der Waals surface area (Å²) in [6.45, 7) is 0.139. The molecule has 0 amide bonds. The largest absolute Gasteiger partial charge is 0.394 e. The molecule has 0 aromatic heterocycles. The number of aliphatic hydroxyl groups excluding tert-OH is 1. The quantitative estimate of drug-likeness (QED) is 0.586. The molecule has 0 aliphatic heterocycles. The summed E-state index contributed by atoms with van der Waals surface area (Å²) in [5.41, 5.74) is 1.12. The Kier molecular flexibility index (Phi) is 3.14. The average Bonchev–Trinajstić information content (AvgIpc) is 2.09. The minimum absolute atomic E-state index is 0.0659. The third kappa shape index (κ3) is 2.07. The smallest absolute Gasteiger partial charge is 0.182 e. The van der Waals surface area contributed by atoms with E-state index in [0.29, 0.717) is 0 Å². The predicted molar refractivity (Wildman–Crippen MR) is 47.9 cm³/mol. The zero-order chi connectivity index (χ0) is 8.10. The van der Waals surface area contributed by atoms with Gasteiger partial charge in [0.05, 0.1) is 6.61 Å². The van der Waals surface area contributed by atoms with Gasteiger partial charge in [-0.25, -0.2) is 0 Å². The van der Waals surface area contributed by atoms with Gasteiger partial charge in [-0.2, -0.15) is 0 Å². The Morgan fingerprint density at radius 2 is 2.00 bits per heavy atom. The first-order valence-electron chi connectivity index (χ1n) is 3.71. The van der Waals surface area contributed by atoms with E-state index >= 15 is 0 Å². The summed E-state index contributed by atoms with van der Waals surface area (Å²) in [5, 5.41) is 11.9. The summed E-state index contributed by atoms with van der Waals surface area (Å²) < 4.78 is 0. The van der Waals surface area contributed by atoms with Crippen LogP contribution in [0.15, 0.2) is 30.3 Å². The van der Waals surface area contributed by atoms with E-state index in [4.69, 9.17) is 5.11 Å². The van der Waals surface area contributed by atoms with E-state index in [2.05, 4.69) is 5.23 Å². The van der Waals surface area contributed by atoms with E-state index in [-0.39, 0.29) is 12.6 Å². The van der Waals surface area contributed by atoms with Crippen molar-refractivity contribution in [3.05, 3.63) is 35.9 Å². The standard InChI is InChI=1S/C8H12BNO/c9-10-8(6-11)7-4-2-1-3-5-7/h1-5,8,10-11H,6,9H2/t8-/m0/s1. The number of rotatable bonds is 3. The lowest BCUT2D eigenvalue weighted by atomic mass is 10.1. The summed E-state index contributed by atoms with van der Waals surface area (Å²) in [6, 6.07) is 9.96. The van der Waals surface area contributed by atoms with Crippen molar-refractivity contribution in [1.82, 2.24) is 5.23 Å². The van der Waals surface area contributed by atoms with Gasteiger partial charge in [0.1, 0.15) is 0 Å². The van der Waals surface area contributed by atoms with Crippen molar-refractivity contribution in [3.63, 3.8) is 0 Å². The van der Waals surface area contributed by atoms with Crippen LogP contribution in [0.1, 0.15) is 11.6 Å². The maximum atomic E-state index is 8.92. The third-order valence-corrected chi connectivity index (χ3v) is 1.73. The topological polar surface area (TPSA) is 32.3 Å². The number of benzene rings is 1. The van der Waals surface area contributed by atoms with Crippen LogP contribution in [-0.4, -0.2) is 19.7 Å². The summed E-state index contributed by atoms with van der Waals surface area (Å²) in [5.74, 6) is 0. The molecule has 0 saturated carbocycles. The maximum absolute atomic E-state index is 8.92. The lowest BCUT2D eigenvalue weighted by Gasteiger charge is -2.12.